The number of esters is 1. The van der Waals surface area contributed by atoms with Crippen LogP contribution in [-0.2, 0) is 16.0 Å². The SMILES string of the molecule is CCCCOC(=O)CCCCc1ccc(O)cc1. The summed E-state index contributed by atoms with van der Waals surface area (Å²) in [5.74, 6) is 0.201. The Morgan fingerprint density at radius 2 is 1.89 bits per heavy atom. The standard InChI is InChI=1S/C15H22O3/c1-2-3-12-18-15(17)7-5-4-6-13-8-10-14(16)11-9-13/h8-11,16H,2-7,12H2,1H3. The minimum atomic E-state index is -0.0887. The molecule has 0 saturated heterocycles. The second kappa shape index (κ2) is 8.56. The molecule has 0 atom stereocenters. The predicted molar refractivity (Wildman–Crippen MR) is 71.5 cm³/mol. The van der Waals surface area contributed by atoms with Gasteiger partial charge in [-0.2, -0.15) is 0 Å². The normalized spacial score (nSPS) is 10.3. The van der Waals surface area contributed by atoms with Crippen molar-refractivity contribution >= 4 is 5.97 Å². The van der Waals surface area contributed by atoms with Crippen LogP contribution in [0, 0.1) is 0 Å². The van der Waals surface area contributed by atoms with Gasteiger partial charge in [0.25, 0.3) is 0 Å². The number of carbonyl (C=O) groups excluding carboxylic acids is 1. The summed E-state index contributed by atoms with van der Waals surface area (Å²) in [6.07, 6.45) is 5.25. The quantitative estimate of drug-likeness (QED) is 0.568. The summed E-state index contributed by atoms with van der Waals surface area (Å²) in [6.45, 7) is 2.62. The fourth-order valence-corrected chi connectivity index (χ4v) is 1.66. The van der Waals surface area contributed by atoms with E-state index in [9.17, 15) is 4.79 Å². The second-order valence-corrected chi connectivity index (χ2v) is 4.45. The number of hydrogen-bond donors (Lipinski definition) is 1. The first-order chi connectivity index (χ1) is 8.72. The number of phenols is 1. The molecule has 0 aliphatic rings. The molecule has 0 saturated carbocycles. The molecule has 18 heavy (non-hydrogen) atoms. The van der Waals surface area contributed by atoms with E-state index < -0.39 is 0 Å². The molecule has 1 rings (SSSR count). The Hall–Kier alpha value is -1.51. The van der Waals surface area contributed by atoms with Gasteiger partial charge in [0.2, 0.25) is 0 Å². The fraction of sp³-hybridized carbons (Fsp3) is 0.533. The highest BCUT2D eigenvalue weighted by atomic mass is 16.5. The molecule has 0 spiro atoms. The van der Waals surface area contributed by atoms with E-state index in [2.05, 4.69) is 6.92 Å². The molecular formula is C15H22O3. The molecule has 0 heterocycles. The molecule has 0 bridgehead atoms. The third kappa shape index (κ3) is 6.28. The molecule has 0 aliphatic heterocycles. The number of phenolic OH excluding ortho intramolecular Hbond substituents is 1. The summed E-state index contributed by atoms with van der Waals surface area (Å²) >= 11 is 0. The van der Waals surface area contributed by atoms with Gasteiger partial charge in [-0.3, -0.25) is 4.79 Å². The first-order valence-corrected chi connectivity index (χ1v) is 6.66. The lowest BCUT2D eigenvalue weighted by Gasteiger charge is -2.04. The van der Waals surface area contributed by atoms with Gasteiger partial charge in [0, 0.05) is 6.42 Å². The molecule has 1 aromatic carbocycles. The van der Waals surface area contributed by atoms with Gasteiger partial charge < -0.3 is 9.84 Å². The Morgan fingerprint density at radius 3 is 2.56 bits per heavy atom. The average molecular weight is 250 g/mol. The first-order valence-electron chi connectivity index (χ1n) is 6.66. The highest BCUT2D eigenvalue weighted by Gasteiger charge is 2.02. The number of hydrogen-bond acceptors (Lipinski definition) is 3. The lowest BCUT2D eigenvalue weighted by atomic mass is 10.1. The van der Waals surface area contributed by atoms with Gasteiger partial charge in [0.15, 0.2) is 0 Å². The molecule has 0 aliphatic carbocycles. The zero-order valence-corrected chi connectivity index (χ0v) is 11.0. The summed E-state index contributed by atoms with van der Waals surface area (Å²) in [5, 5.41) is 9.14. The van der Waals surface area contributed by atoms with E-state index in [-0.39, 0.29) is 5.97 Å². The molecule has 3 heteroatoms. The summed E-state index contributed by atoms with van der Waals surface area (Å²) in [7, 11) is 0. The summed E-state index contributed by atoms with van der Waals surface area (Å²) in [4.78, 5) is 11.3. The van der Waals surface area contributed by atoms with Crippen molar-refractivity contribution in [2.24, 2.45) is 0 Å². The summed E-state index contributed by atoms with van der Waals surface area (Å²) < 4.78 is 5.08. The van der Waals surface area contributed by atoms with Crippen molar-refractivity contribution in [1.29, 1.82) is 0 Å². The van der Waals surface area contributed by atoms with Crippen molar-refractivity contribution in [3.05, 3.63) is 29.8 Å². The van der Waals surface area contributed by atoms with Crippen LogP contribution in [0.5, 0.6) is 5.75 Å². The monoisotopic (exact) mass is 250 g/mol. The lowest BCUT2D eigenvalue weighted by molar-refractivity contribution is -0.143. The van der Waals surface area contributed by atoms with Crippen LogP contribution in [0.1, 0.15) is 44.6 Å². The number of benzene rings is 1. The Labute approximate surface area is 109 Å². The second-order valence-electron chi connectivity index (χ2n) is 4.45. The van der Waals surface area contributed by atoms with Crippen LogP contribution >= 0.6 is 0 Å². The number of ether oxygens (including phenoxy) is 1. The maximum atomic E-state index is 11.3. The van der Waals surface area contributed by atoms with Gasteiger partial charge in [-0.1, -0.05) is 25.5 Å². The van der Waals surface area contributed by atoms with Crippen LogP contribution in [0.25, 0.3) is 0 Å². The third-order valence-electron chi connectivity index (χ3n) is 2.79. The predicted octanol–water partition coefficient (Wildman–Crippen LogP) is 3.45. The van der Waals surface area contributed by atoms with Crippen LogP contribution in [-0.4, -0.2) is 17.7 Å². The lowest BCUT2D eigenvalue weighted by Crippen LogP contribution is -2.05. The maximum absolute atomic E-state index is 11.3. The molecule has 1 aromatic rings. The number of rotatable bonds is 8. The average Bonchev–Trinajstić information content (AvgIpc) is 2.37. The molecule has 3 nitrogen and oxygen atoms in total. The summed E-state index contributed by atoms with van der Waals surface area (Å²) in [6, 6.07) is 7.20. The molecule has 0 aromatic heterocycles. The highest BCUT2D eigenvalue weighted by Crippen LogP contribution is 2.12. The molecule has 0 amide bonds. The molecular weight excluding hydrogens is 228 g/mol. The molecule has 100 valence electrons. The molecule has 0 radical (unpaired) electrons. The van der Waals surface area contributed by atoms with Crippen LogP contribution in [0.4, 0.5) is 0 Å². The third-order valence-corrected chi connectivity index (χ3v) is 2.79. The van der Waals surface area contributed by atoms with E-state index in [4.69, 9.17) is 9.84 Å². The van der Waals surface area contributed by atoms with E-state index in [0.29, 0.717) is 18.8 Å². The van der Waals surface area contributed by atoms with Crippen LogP contribution in [0.2, 0.25) is 0 Å². The highest BCUT2D eigenvalue weighted by molar-refractivity contribution is 5.69. The van der Waals surface area contributed by atoms with Crippen LogP contribution < -0.4 is 0 Å². The topological polar surface area (TPSA) is 46.5 Å². The first kappa shape index (κ1) is 14.6. The number of carbonyl (C=O) groups is 1. The van der Waals surface area contributed by atoms with E-state index in [1.807, 2.05) is 12.1 Å². The number of unbranched alkanes of at least 4 members (excludes halogenated alkanes) is 2. The zero-order chi connectivity index (χ0) is 13.2. The van der Waals surface area contributed by atoms with Gasteiger partial charge in [0.1, 0.15) is 5.75 Å². The van der Waals surface area contributed by atoms with Crippen molar-refractivity contribution in [3.63, 3.8) is 0 Å². The smallest absolute Gasteiger partial charge is 0.305 e. The van der Waals surface area contributed by atoms with Crippen LogP contribution in [0.15, 0.2) is 24.3 Å². The fourth-order valence-electron chi connectivity index (χ4n) is 1.66. The minimum Gasteiger partial charge on any atom is -0.508 e. The van der Waals surface area contributed by atoms with Gasteiger partial charge in [-0.05, 0) is 43.4 Å². The summed E-state index contributed by atoms with van der Waals surface area (Å²) in [5.41, 5.74) is 1.19. The Bertz CT molecular complexity index is 343. The van der Waals surface area contributed by atoms with Crippen molar-refractivity contribution in [1.82, 2.24) is 0 Å². The minimum absolute atomic E-state index is 0.0887. The van der Waals surface area contributed by atoms with E-state index >= 15 is 0 Å². The largest absolute Gasteiger partial charge is 0.508 e. The van der Waals surface area contributed by atoms with E-state index in [1.165, 1.54) is 5.56 Å². The maximum Gasteiger partial charge on any atom is 0.305 e. The number of aromatic hydroxyl groups is 1. The Balaban J connectivity index is 2.07. The van der Waals surface area contributed by atoms with Crippen molar-refractivity contribution in [2.45, 2.75) is 45.4 Å². The Morgan fingerprint density at radius 1 is 1.17 bits per heavy atom. The molecule has 0 fully saturated rings. The van der Waals surface area contributed by atoms with Crippen molar-refractivity contribution < 1.29 is 14.6 Å². The van der Waals surface area contributed by atoms with Crippen LogP contribution in [0.3, 0.4) is 0 Å². The van der Waals surface area contributed by atoms with Crippen molar-refractivity contribution in [3.8, 4) is 5.75 Å². The number of aryl methyl sites for hydroxylation is 1. The van der Waals surface area contributed by atoms with E-state index in [0.717, 1.165) is 32.1 Å². The van der Waals surface area contributed by atoms with Gasteiger partial charge in [0.05, 0.1) is 6.61 Å². The molecule has 0 unspecified atom stereocenters. The molecule has 1 N–H and O–H groups in total. The Kier molecular flexibility index (Phi) is 6.92. The van der Waals surface area contributed by atoms with Crippen molar-refractivity contribution in [2.75, 3.05) is 6.61 Å². The van der Waals surface area contributed by atoms with E-state index in [1.54, 1.807) is 12.1 Å². The zero-order valence-electron chi connectivity index (χ0n) is 11.0. The van der Waals surface area contributed by atoms with Gasteiger partial charge in [-0.15, -0.1) is 0 Å². The van der Waals surface area contributed by atoms with Gasteiger partial charge in [-0.25, -0.2) is 0 Å². The van der Waals surface area contributed by atoms with Gasteiger partial charge >= 0.3 is 5.97 Å².